The van der Waals surface area contributed by atoms with Crippen LogP contribution in [0.2, 0.25) is 0 Å². The first kappa shape index (κ1) is 19.3. The average Bonchev–Trinajstić information content (AvgIpc) is 2.66. The SMILES string of the molecule is Cc1cccc(NC(=O)CSCC(=O)NCC2COc3ccccc3C2)c1. The Hall–Kier alpha value is -2.47. The number of carbonyl (C=O) groups excluding carboxylic acids is 2. The Morgan fingerprint density at radius 3 is 2.78 bits per heavy atom. The number of para-hydroxylation sites is 1. The van der Waals surface area contributed by atoms with Gasteiger partial charge in [0.25, 0.3) is 0 Å². The highest BCUT2D eigenvalue weighted by atomic mass is 32.2. The van der Waals surface area contributed by atoms with E-state index in [2.05, 4.69) is 16.7 Å². The molecule has 2 N–H and O–H groups in total. The lowest BCUT2D eigenvalue weighted by atomic mass is 9.97. The number of anilines is 1. The number of thioether (sulfide) groups is 1. The highest BCUT2D eigenvalue weighted by molar-refractivity contribution is 8.00. The molecule has 3 rings (SSSR count). The lowest BCUT2D eigenvalue weighted by Crippen LogP contribution is -2.35. The van der Waals surface area contributed by atoms with Crippen molar-refractivity contribution in [2.24, 2.45) is 5.92 Å². The van der Waals surface area contributed by atoms with E-state index >= 15 is 0 Å². The molecule has 1 aliphatic heterocycles. The predicted octanol–water partition coefficient (Wildman–Crippen LogP) is 3.03. The van der Waals surface area contributed by atoms with Gasteiger partial charge in [-0.05, 0) is 42.7 Å². The highest BCUT2D eigenvalue weighted by Gasteiger charge is 2.19. The van der Waals surface area contributed by atoms with Crippen molar-refractivity contribution in [3.05, 3.63) is 59.7 Å². The standard InChI is InChI=1S/C21H24N2O3S/c1-15-5-4-7-18(9-15)23-21(25)14-27-13-20(24)22-11-16-10-17-6-2-3-8-19(17)26-12-16/h2-9,16H,10-14H2,1H3,(H,22,24)(H,23,25). The van der Waals surface area contributed by atoms with Crippen molar-refractivity contribution in [2.75, 3.05) is 30.0 Å². The number of nitrogens with one attached hydrogen (secondary N) is 2. The first-order chi connectivity index (χ1) is 13.1. The summed E-state index contributed by atoms with van der Waals surface area (Å²) in [4.78, 5) is 24.0. The number of hydrogen-bond acceptors (Lipinski definition) is 4. The molecular formula is C21H24N2O3S. The molecule has 2 aromatic carbocycles. The van der Waals surface area contributed by atoms with Crippen LogP contribution in [0.4, 0.5) is 5.69 Å². The van der Waals surface area contributed by atoms with Gasteiger partial charge in [0.2, 0.25) is 11.8 Å². The number of aryl methyl sites for hydroxylation is 1. The summed E-state index contributed by atoms with van der Waals surface area (Å²) in [5.41, 5.74) is 3.06. The minimum Gasteiger partial charge on any atom is -0.493 e. The molecule has 0 aliphatic carbocycles. The normalized spacial score (nSPS) is 15.4. The van der Waals surface area contributed by atoms with Crippen molar-refractivity contribution >= 4 is 29.3 Å². The van der Waals surface area contributed by atoms with Crippen molar-refractivity contribution in [1.82, 2.24) is 5.32 Å². The Labute approximate surface area is 163 Å². The fraction of sp³-hybridized carbons (Fsp3) is 0.333. The van der Waals surface area contributed by atoms with E-state index in [4.69, 9.17) is 4.74 Å². The van der Waals surface area contributed by atoms with E-state index in [0.29, 0.717) is 13.2 Å². The van der Waals surface area contributed by atoms with Gasteiger partial charge in [0.1, 0.15) is 5.75 Å². The van der Waals surface area contributed by atoms with Crippen LogP contribution in [0.25, 0.3) is 0 Å². The second-order valence-corrected chi connectivity index (χ2v) is 7.69. The topological polar surface area (TPSA) is 67.4 Å². The third-order valence-corrected chi connectivity index (χ3v) is 5.24. The van der Waals surface area contributed by atoms with Gasteiger partial charge >= 0.3 is 0 Å². The average molecular weight is 385 g/mol. The van der Waals surface area contributed by atoms with Crippen LogP contribution in [0.5, 0.6) is 5.75 Å². The van der Waals surface area contributed by atoms with E-state index in [9.17, 15) is 9.59 Å². The molecule has 5 nitrogen and oxygen atoms in total. The molecule has 142 valence electrons. The first-order valence-electron chi connectivity index (χ1n) is 9.02. The van der Waals surface area contributed by atoms with Gasteiger partial charge in [0.15, 0.2) is 0 Å². The van der Waals surface area contributed by atoms with Gasteiger partial charge in [-0.3, -0.25) is 9.59 Å². The van der Waals surface area contributed by atoms with Gasteiger partial charge in [-0.25, -0.2) is 0 Å². The lowest BCUT2D eigenvalue weighted by molar-refractivity contribution is -0.118. The molecule has 6 heteroatoms. The zero-order valence-electron chi connectivity index (χ0n) is 15.4. The van der Waals surface area contributed by atoms with Crippen molar-refractivity contribution in [1.29, 1.82) is 0 Å². The Kier molecular flexibility index (Phi) is 6.76. The number of ether oxygens (including phenoxy) is 1. The molecule has 2 amide bonds. The minimum atomic E-state index is -0.101. The Morgan fingerprint density at radius 1 is 1.11 bits per heavy atom. The number of fused-ring (bicyclic) bond motifs is 1. The largest absolute Gasteiger partial charge is 0.493 e. The van der Waals surface area contributed by atoms with E-state index in [1.807, 2.05) is 49.4 Å². The Balaban J connectivity index is 1.32. The van der Waals surface area contributed by atoms with Gasteiger partial charge in [-0.2, -0.15) is 0 Å². The van der Waals surface area contributed by atoms with Gasteiger partial charge in [0, 0.05) is 18.2 Å². The fourth-order valence-electron chi connectivity index (χ4n) is 2.99. The zero-order valence-corrected chi connectivity index (χ0v) is 16.2. The maximum Gasteiger partial charge on any atom is 0.234 e. The van der Waals surface area contributed by atoms with Gasteiger partial charge in [-0.1, -0.05) is 30.3 Å². The zero-order chi connectivity index (χ0) is 19.1. The van der Waals surface area contributed by atoms with Crippen LogP contribution >= 0.6 is 11.8 Å². The smallest absolute Gasteiger partial charge is 0.234 e. The van der Waals surface area contributed by atoms with Crippen molar-refractivity contribution < 1.29 is 14.3 Å². The molecule has 1 unspecified atom stereocenters. The Bertz CT molecular complexity index is 810. The second kappa shape index (κ2) is 9.46. The van der Waals surface area contributed by atoms with Crippen LogP contribution < -0.4 is 15.4 Å². The molecule has 0 bridgehead atoms. The monoisotopic (exact) mass is 384 g/mol. The van der Waals surface area contributed by atoms with Gasteiger partial charge in [0.05, 0.1) is 18.1 Å². The molecule has 1 aliphatic rings. The van der Waals surface area contributed by atoms with E-state index < -0.39 is 0 Å². The number of hydrogen-bond donors (Lipinski definition) is 2. The molecule has 0 fully saturated rings. The maximum atomic E-state index is 12.0. The van der Waals surface area contributed by atoms with Crippen molar-refractivity contribution in [2.45, 2.75) is 13.3 Å². The predicted molar refractivity (Wildman–Crippen MR) is 109 cm³/mol. The highest BCUT2D eigenvalue weighted by Crippen LogP contribution is 2.26. The summed E-state index contributed by atoms with van der Waals surface area (Å²) in [7, 11) is 0. The molecule has 0 radical (unpaired) electrons. The second-order valence-electron chi connectivity index (χ2n) is 6.70. The van der Waals surface area contributed by atoms with Gasteiger partial charge in [-0.15, -0.1) is 11.8 Å². The minimum absolute atomic E-state index is 0.0535. The fourth-order valence-corrected chi connectivity index (χ4v) is 3.63. The van der Waals surface area contributed by atoms with Gasteiger partial charge < -0.3 is 15.4 Å². The molecular weight excluding hydrogens is 360 g/mol. The molecule has 0 saturated heterocycles. The van der Waals surface area contributed by atoms with Crippen molar-refractivity contribution in [3.63, 3.8) is 0 Å². The third kappa shape index (κ3) is 6.03. The third-order valence-electron chi connectivity index (χ3n) is 4.31. The summed E-state index contributed by atoms with van der Waals surface area (Å²) in [5.74, 6) is 1.58. The van der Waals surface area contributed by atoms with Crippen LogP contribution in [0, 0.1) is 12.8 Å². The summed E-state index contributed by atoms with van der Waals surface area (Å²) in [6.07, 6.45) is 0.905. The van der Waals surface area contributed by atoms with E-state index in [-0.39, 0.29) is 29.2 Å². The molecule has 0 aromatic heterocycles. The van der Waals surface area contributed by atoms with Crippen LogP contribution in [0.15, 0.2) is 48.5 Å². The van der Waals surface area contributed by atoms with Crippen LogP contribution in [-0.2, 0) is 16.0 Å². The summed E-state index contributed by atoms with van der Waals surface area (Å²) in [6.45, 7) is 3.18. The Morgan fingerprint density at radius 2 is 1.93 bits per heavy atom. The van der Waals surface area contributed by atoms with E-state index in [0.717, 1.165) is 23.4 Å². The van der Waals surface area contributed by atoms with E-state index in [1.54, 1.807) is 0 Å². The van der Waals surface area contributed by atoms with E-state index in [1.165, 1.54) is 17.3 Å². The maximum absolute atomic E-state index is 12.0. The summed E-state index contributed by atoms with van der Waals surface area (Å²) >= 11 is 1.31. The lowest BCUT2D eigenvalue weighted by Gasteiger charge is -2.25. The number of carbonyl (C=O) groups is 2. The number of amides is 2. The first-order valence-corrected chi connectivity index (χ1v) is 10.2. The molecule has 2 aromatic rings. The van der Waals surface area contributed by atoms with Crippen molar-refractivity contribution in [3.8, 4) is 5.75 Å². The number of benzene rings is 2. The molecule has 1 heterocycles. The van der Waals surface area contributed by atoms with Crippen LogP contribution in [-0.4, -0.2) is 36.5 Å². The number of rotatable bonds is 7. The summed E-state index contributed by atoms with van der Waals surface area (Å²) in [6, 6.07) is 15.7. The molecule has 1 atom stereocenters. The van der Waals surface area contributed by atoms with Crippen LogP contribution in [0.1, 0.15) is 11.1 Å². The molecule has 0 spiro atoms. The summed E-state index contributed by atoms with van der Waals surface area (Å²) in [5, 5.41) is 5.78. The quantitative estimate of drug-likeness (QED) is 0.770. The van der Waals surface area contributed by atoms with Crippen LogP contribution in [0.3, 0.4) is 0 Å². The molecule has 0 saturated carbocycles. The summed E-state index contributed by atoms with van der Waals surface area (Å²) < 4.78 is 5.74. The molecule has 27 heavy (non-hydrogen) atoms.